The van der Waals surface area contributed by atoms with Crippen molar-refractivity contribution in [1.29, 1.82) is 0 Å². The molecule has 0 saturated heterocycles. The molecule has 2 nitrogen and oxygen atoms in total. The van der Waals surface area contributed by atoms with Gasteiger partial charge in [-0.15, -0.1) is 0 Å². The van der Waals surface area contributed by atoms with E-state index in [9.17, 15) is 4.39 Å². The van der Waals surface area contributed by atoms with E-state index in [0.717, 1.165) is 24.2 Å². The Kier molecular flexibility index (Phi) is 5.42. The molecular weight excluding hydrogens is 217 g/mol. The van der Waals surface area contributed by atoms with Gasteiger partial charge in [-0.05, 0) is 44.0 Å². The van der Waals surface area contributed by atoms with Crippen molar-refractivity contribution in [3.8, 4) is 5.75 Å². The molecule has 1 rings (SSSR count). The fourth-order valence-corrected chi connectivity index (χ4v) is 1.93. The Labute approximate surface area is 103 Å². The summed E-state index contributed by atoms with van der Waals surface area (Å²) in [6, 6.07) is 4.81. The summed E-state index contributed by atoms with van der Waals surface area (Å²) in [5.41, 5.74) is 0.899. The van der Waals surface area contributed by atoms with Crippen molar-refractivity contribution in [2.75, 3.05) is 14.2 Å². The lowest BCUT2D eigenvalue weighted by atomic mass is 9.97. The van der Waals surface area contributed by atoms with Gasteiger partial charge >= 0.3 is 0 Å². The van der Waals surface area contributed by atoms with Crippen molar-refractivity contribution in [1.82, 2.24) is 5.32 Å². The molecule has 0 aromatic heterocycles. The fourth-order valence-electron chi connectivity index (χ4n) is 1.93. The van der Waals surface area contributed by atoms with Gasteiger partial charge in [0.25, 0.3) is 0 Å². The zero-order valence-electron chi connectivity index (χ0n) is 11.1. The molecule has 96 valence electrons. The van der Waals surface area contributed by atoms with Crippen molar-refractivity contribution >= 4 is 0 Å². The molecule has 0 radical (unpaired) electrons. The topological polar surface area (TPSA) is 21.3 Å². The van der Waals surface area contributed by atoms with Crippen LogP contribution in [0.15, 0.2) is 18.2 Å². The summed E-state index contributed by atoms with van der Waals surface area (Å²) in [4.78, 5) is 0. The quantitative estimate of drug-likeness (QED) is 0.820. The van der Waals surface area contributed by atoms with Gasteiger partial charge in [0.05, 0.1) is 7.11 Å². The number of hydrogen-bond donors (Lipinski definition) is 1. The van der Waals surface area contributed by atoms with Gasteiger partial charge in [-0.1, -0.05) is 13.8 Å². The van der Waals surface area contributed by atoms with E-state index in [0.29, 0.717) is 5.92 Å². The standard InChI is InChI=1S/C14H22FNO/c1-10(2)5-7-13(16-3)12-9-11(15)6-8-14(12)17-4/h6,8-10,13,16H,5,7H2,1-4H3. The molecule has 0 aliphatic carbocycles. The van der Waals surface area contributed by atoms with E-state index in [2.05, 4.69) is 19.2 Å². The van der Waals surface area contributed by atoms with Gasteiger partial charge in [-0.3, -0.25) is 0 Å². The van der Waals surface area contributed by atoms with Crippen molar-refractivity contribution in [2.24, 2.45) is 5.92 Å². The second-order valence-corrected chi connectivity index (χ2v) is 4.70. The molecule has 1 aromatic rings. The van der Waals surface area contributed by atoms with Gasteiger partial charge in [0.15, 0.2) is 0 Å². The minimum absolute atomic E-state index is 0.142. The highest BCUT2D eigenvalue weighted by Gasteiger charge is 2.15. The molecule has 0 aliphatic heterocycles. The summed E-state index contributed by atoms with van der Waals surface area (Å²) < 4.78 is 18.6. The highest BCUT2D eigenvalue weighted by atomic mass is 19.1. The minimum atomic E-state index is -0.217. The molecule has 0 amide bonds. The zero-order chi connectivity index (χ0) is 12.8. The molecule has 1 unspecified atom stereocenters. The zero-order valence-corrected chi connectivity index (χ0v) is 11.1. The number of methoxy groups -OCH3 is 1. The van der Waals surface area contributed by atoms with Crippen LogP contribution in [0.5, 0.6) is 5.75 Å². The molecule has 17 heavy (non-hydrogen) atoms. The molecule has 0 saturated carbocycles. The first-order chi connectivity index (χ1) is 8.08. The second kappa shape index (κ2) is 6.60. The number of rotatable bonds is 6. The normalized spacial score (nSPS) is 12.8. The fraction of sp³-hybridized carbons (Fsp3) is 0.571. The molecule has 0 aliphatic rings. The Hall–Kier alpha value is -1.09. The Morgan fingerprint density at radius 1 is 1.29 bits per heavy atom. The van der Waals surface area contributed by atoms with E-state index in [4.69, 9.17) is 4.74 Å². The largest absolute Gasteiger partial charge is 0.496 e. The van der Waals surface area contributed by atoms with Crippen molar-refractivity contribution in [3.05, 3.63) is 29.6 Å². The first kappa shape index (κ1) is 14.0. The van der Waals surface area contributed by atoms with Crippen LogP contribution >= 0.6 is 0 Å². The van der Waals surface area contributed by atoms with Crippen LogP contribution in [0.1, 0.15) is 38.3 Å². The van der Waals surface area contributed by atoms with E-state index in [-0.39, 0.29) is 11.9 Å². The van der Waals surface area contributed by atoms with Crippen LogP contribution in [0, 0.1) is 11.7 Å². The maximum Gasteiger partial charge on any atom is 0.123 e. The summed E-state index contributed by atoms with van der Waals surface area (Å²) >= 11 is 0. The molecule has 0 spiro atoms. The van der Waals surface area contributed by atoms with Crippen LogP contribution in [-0.2, 0) is 0 Å². The number of benzene rings is 1. The maximum atomic E-state index is 13.3. The highest BCUT2D eigenvalue weighted by molar-refractivity contribution is 5.36. The number of hydrogen-bond acceptors (Lipinski definition) is 2. The number of halogens is 1. The Morgan fingerprint density at radius 2 is 2.00 bits per heavy atom. The first-order valence-corrected chi connectivity index (χ1v) is 6.09. The second-order valence-electron chi connectivity index (χ2n) is 4.70. The van der Waals surface area contributed by atoms with Gasteiger partial charge < -0.3 is 10.1 Å². The Morgan fingerprint density at radius 3 is 2.53 bits per heavy atom. The summed E-state index contributed by atoms with van der Waals surface area (Å²) in [7, 11) is 3.52. The highest BCUT2D eigenvalue weighted by Crippen LogP contribution is 2.29. The SMILES string of the molecule is CNC(CCC(C)C)c1cc(F)ccc1OC. The van der Waals surface area contributed by atoms with Crippen LogP contribution in [0.4, 0.5) is 4.39 Å². The average molecular weight is 239 g/mol. The third kappa shape index (κ3) is 4.00. The summed E-state index contributed by atoms with van der Waals surface area (Å²) in [6.07, 6.45) is 2.08. The number of nitrogens with one attached hydrogen (secondary N) is 1. The van der Waals surface area contributed by atoms with Crippen LogP contribution in [0.25, 0.3) is 0 Å². The molecule has 1 aromatic carbocycles. The average Bonchev–Trinajstić information content (AvgIpc) is 2.30. The lowest BCUT2D eigenvalue weighted by Crippen LogP contribution is -2.18. The predicted octanol–water partition coefficient (Wildman–Crippen LogP) is 3.53. The van der Waals surface area contributed by atoms with Gasteiger partial charge in [0.1, 0.15) is 11.6 Å². The molecule has 1 N–H and O–H groups in total. The van der Waals surface area contributed by atoms with Crippen LogP contribution in [0.3, 0.4) is 0 Å². The summed E-state index contributed by atoms with van der Waals surface area (Å²) in [5.74, 6) is 1.17. The molecule has 3 heteroatoms. The van der Waals surface area contributed by atoms with Crippen molar-refractivity contribution in [2.45, 2.75) is 32.7 Å². The Bertz CT molecular complexity index is 352. The van der Waals surface area contributed by atoms with E-state index < -0.39 is 0 Å². The molecule has 1 atom stereocenters. The number of ether oxygens (including phenoxy) is 1. The van der Waals surface area contributed by atoms with Crippen LogP contribution < -0.4 is 10.1 Å². The third-order valence-electron chi connectivity index (χ3n) is 2.95. The lowest BCUT2D eigenvalue weighted by Gasteiger charge is -2.20. The van der Waals surface area contributed by atoms with Crippen LogP contribution in [0.2, 0.25) is 0 Å². The van der Waals surface area contributed by atoms with E-state index in [1.807, 2.05) is 7.05 Å². The van der Waals surface area contributed by atoms with E-state index in [1.54, 1.807) is 19.2 Å². The van der Waals surface area contributed by atoms with Gasteiger partial charge in [0.2, 0.25) is 0 Å². The van der Waals surface area contributed by atoms with E-state index >= 15 is 0 Å². The first-order valence-electron chi connectivity index (χ1n) is 6.09. The summed E-state index contributed by atoms with van der Waals surface area (Å²) in [6.45, 7) is 4.38. The van der Waals surface area contributed by atoms with Gasteiger partial charge in [0, 0.05) is 11.6 Å². The molecular formula is C14H22FNO. The van der Waals surface area contributed by atoms with E-state index in [1.165, 1.54) is 6.07 Å². The smallest absolute Gasteiger partial charge is 0.123 e. The third-order valence-corrected chi connectivity index (χ3v) is 2.95. The van der Waals surface area contributed by atoms with Gasteiger partial charge in [-0.2, -0.15) is 0 Å². The van der Waals surface area contributed by atoms with Crippen molar-refractivity contribution in [3.63, 3.8) is 0 Å². The minimum Gasteiger partial charge on any atom is -0.496 e. The molecule has 0 heterocycles. The summed E-state index contributed by atoms with van der Waals surface area (Å²) in [5, 5.41) is 3.23. The van der Waals surface area contributed by atoms with Gasteiger partial charge in [-0.25, -0.2) is 4.39 Å². The predicted molar refractivity (Wildman–Crippen MR) is 68.8 cm³/mol. The maximum absolute atomic E-state index is 13.3. The lowest BCUT2D eigenvalue weighted by molar-refractivity contribution is 0.390. The molecule has 0 fully saturated rings. The van der Waals surface area contributed by atoms with Crippen LogP contribution in [-0.4, -0.2) is 14.2 Å². The Balaban J connectivity index is 2.89. The monoisotopic (exact) mass is 239 g/mol. The van der Waals surface area contributed by atoms with Crippen molar-refractivity contribution < 1.29 is 9.13 Å². The molecule has 0 bridgehead atoms.